The van der Waals surface area contributed by atoms with Gasteiger partial charge in [-0.3, -0.25) is 14.9 Å². The fourth-order valence-corrected chi connectivity index (χ4v) is 3.53. The molecule has 152 valence electrons. The van der Waals surface area contributed by atoms with Crippen LogP contribution in [0.15, 0.2) is 36.0 Å². The van der Waals surface area contributed by atoms with E-state index in [1.807, 2.05) is 31.2 Å². The van der Waals surface area contributed by atoms with E-state index < -0.39 is 0 Å². The van der Waals surface area contributed by atoms with Crippen molar-refractivity contribution >= 4 is 52.5 Å². The van der Waals surface area contributed by atoms with Crippen molar-refractivity contribution in [2.75, 3.05) is 10.6 Å². The minimum atomic E-state index is -0.375. The largest absolute Gasteiger partial charge is 0.367 e. The van der Waals surface area contributed by atoms with Crippen molar-refractivity contribution in [3.8, 4) is 0 Å². The molecular weight excluding hydrogens is 404 g/mol. The van der Waals surface area contributed by atoms with E-state index in [1.165, 1.54) is 0 Å². The molecule has 1 saturated carbocycles. The number of nitrogens with zero attached hydrogens (tertiary/aromatic N) is 3. The van der Waals surface area contributed by atoms with Crippen molar-refractivity contribution in [3.63, 3.8) is 0 Å². The number of rotatable bonds is 5. The molecule has 2 aromatic heterocycles. The SMILES string of the molecule is Cc1ccc(Cl)cc1Nc1cc(NC2CC2)n2ncc(/C=C3/CC(=O)NC3=O)c2n1. The summed E-state index contributed by atoms with van der Waals surface area (Å²) in [6, 6.07) is 7.96. The zero-order valence-electron chi connectivity index (χ0n) is 16.2. The van der Waals surface area contributed by atoms with E-state index in [4.69, 9.17) is 16.6 Å². The first-order chi connectivity index (χ1) is 14.5. The molecule has 3 aromatic rings. The van der Waals surface area contributed by atoms with Gasteiger partial charge >= 0.3 is 0 Å². The van der Waals surface area contributed by atoms with Crippen LogP contribution < -0.4 is 16.0 Å². The number of amides is 2. The lowest BCUT2D eigenvalue weighted by Crippen LogP contribution is -2.19. The Morgan fingerprint density at radius 3 is 2.83 bits per heavy atom. The Balaban J connectivity index is 1.59. The second-order valence-corrected chi connectivity index (χ2v) is 8.02. The molecule has 5 rings (SSSR count). The number of benzene rings is 1. The average Bonchev–Trinajstić information content (AvgIpc) is 3.34. The van der Waals surface area contributed by atoms with Crippen LogP contribution in [0.5, 0.6) is 0 Å². The molecule has 8 nitrogen and oxygen atoms in total. The Morgan fingerprint density at radius 2 is 2.10 bits per heavy atom. The van der Waals surface area contributed by atoms with Gasteiger partial charge in [0, 0.05) is 34.0 Å². The van der Waals surface area contributed by atoms with E-state index in [2.05, 4.69) is 21.0 Å². The van der Waals surface area contributed by atoms with Crippen molar-refractivity contribution in [1.82, 2.24) is 19.9 Å². The van der Waals surface area contributed by atoms with E-state index in [9.17, 15) is 9.59 Å². The molecule has 3 N–H and O–H groups in total. The molecule has 30 heavy (non-hydrogen) atoms. The Labute approximate surface area is 177 Å². The molecule has 1 aliphatic carbocycles. The van der Waals surface area contributed by atoms with Crippen LogP contribution in [-0.2, 0) is 9.59 Å². The number of aromatic nitrogens is 3. The lowest BCUT2D eigenvalue weighted by atomic mass is 10.1. The minimum Gasteiger partial charge on any atom is -0.367 e. The molecule has 1 saturated heterocycles. The van der Waals surface area contributed by atoms with E-state index in [-0.39, 0.29) is 18.2 Å². The smallest absolute Gasteiger partial charge is 0.254 e. The van der Waals surface area contributed by atoms with E-state index >= 15 is 0 Å². The number of hydrogen-bond acceptors (Lipinski definition) is 6. The highest BCUT2D eigenvalue weighted by atomic mass is 35.5. The third kappa shape index (κ3) is 3.61. The molecule has 2 amide bonds. The predicted octanol–water partition coefficient (Wildman–Crippen LogP) is 3.44. The number of aryl methyl sites for hydroxylation is 1. The summed E-state index contributed by atoms with van der Waals surface area (Å²) in [6.07, 6.45) is 5.60. The molecule has 0 radical (unpaired) electrons. The van der Waals surface area contributed by atoms with Crippen molar-refractivity contribution in [2.24, 2.45) is 0 Å². The Bertz CT molecular complexity index is 1230. The normalized spacial score (nSPS) is 17.6. The van der Waals surface area contributed by atoms with E-state index in [0.717, 1.165) is 29.9 Å². The second kappa shape index (κ2) is 7.14. The molecule has 1 aliphatic heterocycles. The number of imide groups is 1. The lowest BCUT2D eigenvalue weighted by Gasteiger charge is -2.13. The summed E-state index contributed by atoms with van der Waals surface area (Å²) in [6.45, 7) is 1.99. The molecule has 0 spiro atoms. The highest BCUT2D eigenvalue weighted by Gasteiger charge is 2.25. The van der Waals surface area contributed by atoms with Crippen LogP contribution in [0.25, 0.3) is 11.7 Å². The highest BCUT2D eigenvalue weighted by Crippen LogP contribution is 2.30. The number of carbonyl (C=O) groups excluding carboxylic acids is 2. The first kappa shape index (κ1) is 18.6. The van der Waals surface area contributed by atoms with Crippen molar-refractivity contribution in [1.29, 1.82) is 0 Å². The maximum absolute atomic E-state index is 12.0. The van der Waals surface area contributed by atoms with Gasteiger partial charge in [-0.05, 0) is 43.5 Å². The van der Waals surface area contributed by atoms with Gasteiger partial charge in [0.1, 0.15) is 11.6 Å². The summed E-state index contributed by atoms with van der Waals surface area (Å²) in [5.74, 6) is 0.759. The lowest BCUT2D eigenvalue weighted by molar-refractivity contribution is -0.124. The standard InChI is InChI=1S/C21H19ClN6O2/c1-11-2-3-14(22)8-16(11)25-17-9-18(24-15-4-5-15)28-20(26-17)13(10-23-28)6-12-7-19(29)27-21(12)30/h2-3,6,8-10,15,24H,4-5,7H2,1H3,(H,25,26)(H,27,29,30)/b12-6-. The number of nitrogens with one attached hydrogen (secondary N) is 3. The van der Waals surface area contributed by atoms with Gasteiger partial charge in [-0.1, -0.05) is 17.7 Å². The van der Waals surface area contributed by atoms with E-state index in [0.29, 0.717) is 33.7 Å². The van der Waals surface area contributed by atoms with Crippen LogP contribution >= 0.6 is 11.6 Å². The Kier molecular flexibility index (Phi) is 4.43. The first-order valence-corrected chi connectivity index (χ1v) is 10.1. The summed E-state index contributed by atoms with van der Waals surface area (Å²) in [5.41, 5.74) is 3.55. The second-order valence-electron chi connectivity index (χ2n) is 7.59. The van der Waals surface area contributed by atoms with Crippen LogP contribution in [-0.4, -0.2) is 32.5 Å². The van der Waals surface area contributed by atoms with Crippen molar-refractivity contribution in [3.05, 3.63) is 52.2 Å². The summed E-state index contributed by atoms with van der Waals surface area (Å²) >= 11 is 6.15. The fraction of sp³-hybridized carbons (Fsp3) is 0.238. The molecule has 1 aromatic carbocycles. The van der Waals surface area contributed by atoms with Gasteiger partial charge in [0.15, 0.2) is 5.65 Å². The van der Waals surface area contributed by atoms with E-state index in [1.54, 1.807) is 16.8 Å². The Morgan fingerprint density at radius 1 is 1.27 bits per heavy atom. The summed E-state index contributed by atoms with van der Waals surface area (Å²) in [4.78, 5) is 28.2. The Hall–Kier alpha value is -3.39. The van der Waals surface area contributed by atoms with Crippen molar-refractivity contribution < 1.29 is 9.59 Å². The summed E-state index contributed by atoms with van der Waals surface area (Å²) in [5, 5.41) is 14.2. The number of fused-ring (bicyclic) bond motifs is 1. The van der Waals surface area contributed by atoms with Gasteiger partial charge in [-0.15, -0.1) is 0 Å². The maximum Gasteiger partial charge on any atom is 0.254 e. The van der Waals surface area contributed by atoms with Gasteiger partial charge in [0.05, 0.1) is 12.6 Å². The number of hydrogen-bond donors (Lipinski definition) is 3. The van der Waals surface area contributed by atoms with Crippen LogP contribution in [0.3, 0.4) is 0 Å². The zero-order valence-corrected chi connectivity index (χ0v) is 17.0. The molecule has 0 bridgehead atoms. The molecule has 3 heterocycles. The van der Waals surface area contributed by atoms with Gasteiger partial charge in [-0.25, -0.2) is 4.98 Å². The highest BCUT2D eigenvalue weighted by molar-refractivity contribution is 6.30. The summed E-state index contributed by atoms with van der Waals surface area (Å²) < 4.78 is 1.72. The number of anilines is 3. The van der Waals surface area contributed by atoms with Crippen LogP contribution in [0.1, 0.15) is 30.4 Å². The molecule has 2 aliphatic rings. The van der Waals surface area contributed by atoms with Gasteiger partial charge in [0.25, 0.3) is 5.91 Å². The van der Waals surface area contributed by atoms with Crippen LogP contribution in [0, 0.1) is 6.92 Å². The topological polar surface area (TPSA) is 100 Å². The zero-order chi connectivity index (χ0) is 20.8. The third-order valence-electron chi connectivity index (χ3n) is 5.12. The molecule has 0 unspecified atom stereocenters. The van der Waals surface area contributed by atoms with Crippen LogP contribution in [0.2, 0.25) is 5.02 Å². The fourth-order valence-electron chi connectivity index (χ4n) is 3.36. The quantitative estimate of drug-likeness (QED) is 0.430. The van der Waals surface area contributed by atoms with Gasteiger partial charge < -0.3 is 10.6 Å². The molecular formula is C21H19ClN6O2. The minimum absolute atomic E-state index is 0.0585. The molecule has 2 fully saturated rings. The monoisotopic (exact) mass is 422 g/mol. The van der Waals surface area contributed by atoms with Crippen LogP contribution in [0.4, 0.5) is 17.3 Å². The average molecular weight is 423 g/mol. The van der Waals surface area contributed by atoms with Gasteiger partial charge in [-0.2, -0.15) is 9.61 Å². The molecule has 0 atom stereocenters. The van der Waals surface area contributed by atoms with Crippen molar-refractivity contribution in [2.45, 2.75) is 32.2 Å². The molecule has 9 heteroatoms. The first-order valence-electron chi connectivity index (χ1n) is 9.69. The maximum atomic E-state index is 12.0. The number of carbonyl (C=O) groups is 2. The predicted molar refractivity (Wildman–Crippen MR) is 115 cm³/mol. The summed E-state index contributed by atoms with van der Waals surface area (Å²) in [7, 11) is 0. The van der Waals surface area contributed by atoms with Gasteiger partial charge in [0.2, 0.25) is 5.91 Å². The third-order valence-corrected chi connectivity index (χ3v) is 5.35. The number of halogens is 1.